The van der Waals surface area contributed by atoms with Gasteiger partial charge in [0.05, 0.1) is 6.54 Å². The van der Waals surface area contributed by atoms with Crippen molar-refractivity contribution < 1.29 is 9.53 Å². The van der Waals surface area contributed by atoms with E-state index in [4.69, 9.17) is 4.74 Å². The molecule has 5 nitrogen and oxygen atoms in total. The number of hydrogen-bond acceptors (Lipinski definition) is 3. The van der Waals surface area contributed by atoms with Gasteiger partial charge in [0.25, 0.3) is 5.91 Å². The first kappa shape index (κ1) is 20.2. The number of nitrogens with one attached hydrogen (secondary N) is 1. The minimum absolute atomic E-state index is 0.101. The maximum atomic E-state index is 13.1. The lowest BCUT2D eigenvalue weighted by molar-refractivity contribution is 0.0905. The van der Waals surface area contributed by atoms with E-state index in [-0.39, 0.29) is 11.9 Å². The first-order valence-corrected chi connectivity index (χ1v) is 10.8. The molecule has 1 fully saturated rings. The fraction of sp³-hybridized carbons (Fsp3) is 0.360. The molecule has 30 heavy (non-hydrogen) atoms. The quantitative estimate of drug-likeness (QED) is 0.615. The van der Waals surface area contributed by atoms with Gasteiger partial charge in [-0.25, -0.2) is 0 Å². The van der Waals surface area contributed by atoms with Gasteiger partial charge >= 0.3 is 0 Å². The van der Waals surface area contributed by atoms with Crippen molar-refractivity contribution >= 4 is 5.91 Å². The maximum absolute atomic E-state index is 13.1. The number of ether oxygens (including phenoxy) is 1. The van der Waals surface area contributed by atoms with E-state index < -0.39 is 0 Å². The predicted molar refractivity (Wildman–Crippen MR) is 117 cm³/mol. The minimum Gasteiger partial charge on any atom is -0.471 e. The fourth-order valence-electron chi connectivity index (χ4n) is 4.02. The van der Waals surface area contributed by atoms with Crippen molar-refractivity contribution in [3.63, 3.8) is 0 Å². The Kier molecular flexibility index (Phi) is 6.47. The molecule has 156 valence electrons. The lowest BCUT2D eigenvalue weighted by Crippen LogP contribution is -2.41. The van der Waals surface area contributed by atoms with Crippen molar-refractivity contribution in [3.8, 4) is 5.88 Å². The van der Waals surface area contributed by atoms with Crippen LogP contribution in [0.2, 0.25) is 0 Å². The average Bonchev–Trinajstić information content (AvgIpc) is 3.18. The maximum Gasteiger partial charge on any atom is 0.258 e. The highest BCUT2D eigenvalue weighted by atomic mass is 16.5. The summed E-state index contributed by atoms with van der Waals surface area (Å²) in [5.74, 6) is 0.780. The van der Waals surface area contributed by atoms with Gasteiger partial charge in [-0.3, -0.25) is 9.48 Å². The molecule has 0 bridgehead atoms. The molecule has 1 aliphatic rings. The van der Waals surface area contributed by atoms with Crippen LogP contribution in [0.1, 0.15) is 54.1 Å². The van der Waals surface area contributed by atoms with E-state index in [1.807, 2.05) is 48.5 Å². The zero-order chi connectivity index (χ0) is 20.8. The molecule has 0 aliphatic heterocycles. The Balaban J connectivity index is 1.53. The van der Waals surface area contributed by atoms with Crippen LogP contribution in [-0.4, -0.2) is 21.7 Å². The summed E-state index contributed by atoms with van der Waals surface area (Å²) in [5.41, 5.74) is 2.67. The SMILES string of the molecule is CC1CCCCC1NC(=O)c1cn(Cc2ccccc2)nc1OCc1ccccc1. The van der Waals surface area contributed by atoms with Gasteiger partial charge in [-0.2, -0.15) is 0 Å². The van der Waals surface area contributed by atoms with E-state index in [1.165, 1.54) is 12.8 Å². The summed E-state index contributed by atoms with van der Waals surface area (Å²) in [4.78, 5) is 13.1. The first-order valence-electron chi connectivity index (χ1n) is 10.8. The molecule has 1 saturated carbocycles. The second-order valence-electron chi connectivity index (χ2n) is 8.15. The van der Waals surface area contributed by atoms with Crippen LogP contribution in [0.3, 0.4) is 0 Å². The molecule has 0 radical (unpaired) electrons. The van der Waals surface area contributed by atoms with Crippen LogP contribution >= 0.6 is 0 Å². The van der Waals surface area contributed by atoms with Crippen LogP contribution in [0.25, 0.3) is 0 Å². The molecule has 1 aromatic heterocycles. The summed E-state index contributed by atoms with van der Waals surface area (Å²) in [7, 11) is 0. The summed E-state index contributed by atoms with van der Waals surface area (Å²) < 4.78 is 7.77. The first-order chi connectivity index (χ1) is 14.7. The molecule has 1 heterocycles. The molecule has 0 saturated heterocycles. The van der Waals surface area contributed by atoms with Gasteiger partial charge in [0.15, 0.2) is 0 Å². The van der Waals surface area contributed by atoms with Crippen LogP contribution in [0, 0.1) is 5.92 Å². The Hall–Kier alpha value is -3.08. The molecule has 0 spiro atoms. The van der Waals surface area contributed by atoms with Crippen LogP contribution in [0.4, 0.5) is 0 Å². The minimum atomic E-state index is -0.101. The molecule has 4 rings (SSSR count). The van der Waals surface area contributed by atoms with Gasteiger partial charge in [0.2, 0.25) is 5.88 Å². The average molecular weight is 404 g/mol. The Morgan fingerprint density at radius 3 is 2.40 bits per heavy atom. The number of hydrogen-bond donors (Lipinski definition) is 1. The standard InChI is InChI=1S/C25H29N3O2/c1-19-10-8-9-15-23(19)26-24(29)22-17-28(16-20-11-4-2-5-12-20)27-25(22)30-18-21-13-6-3-7-14-21/h2-7,11-14,17,19,23H,8-10,15-16,18H2,1H3,(H,26,29). The molecule has 2 atom stereocenters. The molecule has 5 heteroatoms. The summed E-state index contributed by atoms with van der Waals surface area (Å²) in [5, 5.41) is 7.82. The monoisotopic (exact) mass is 403 g/mol. The Bertz CT molecular complexity index is 953. The van der Waals surface area contributed by atoms with Crippen LogP contribution in [0.15, 0.2) is 66.9 Å². The van der Waals surface area contributed by atoms with Gasteiger partial charge in [-0.05, 0) is 29.9 Å². The van der Waals surface area contributed by atoms with Crippen LogP contribution in [-0.2, 0) is 13.2 Å². The van der Waals surface area contributed by atoms with Gasteiger partial charge in [0.1, 0.15) is 12.2 Å². The second-order valence-corrected chi connectivity index (χ2v) is 8.15. The molecule has 1 amide bonds. The zero-order valence-electron chi connectivity index (χ0n) is 17.5. The molecule has 2 unspecified atom stereocenters. The van der Waals surface area contributed by atoms with Gasteiger partial charge in [-0.1, -0.05) is 80.4 Å². The van der Waals surface area contributed by atoms with Crippen molar-refractivity contribution in [2.45, 2.75) is 51.8 Å². The normalized spacial score (nSPS) is 18.7. The number of carbonyl (C=O) groups is 1. The number of aromatic nitrogens is 2. The van der Waals surface area contributed by atoms with Crippen molar-refractivity contribution in [1.29, 1.82) is 0 Å². The number of nitrogens with zero attached hydrogens (tertiary/aromatic N) is 2. The number of rotatable bonds is 7. The molecular weight excluding hydrogens is 374 g/mol. The molecule has 1 aliphatic carbocycles. The van der Waals surface area contributed by atoms with E-state index in [1.54, 1.807) is 10.9 Å². The Labute approximate surface area is 178 Å². The third-order valence-electron chi connectivity index (χ3n) is 5.81. The summed E-state index contributed by atoms with van der Waals surface area (Å²) in [6, 6.07) is 20.3. The lowest BCUT2D eigenvalue weighted by atomic mass is 9.86. The van der Waals surface area contributed by atoms with E-state index in [9.17, 15) is 4.79 Å². The number of amides is 1. The highest BCUT2D eigenvalue weighted by Gasteiger charge is 2.26. The Morgan fingerprint density at radius 2 is 1.70 bits per heavy atom. The van der Waals surface area contributed by atoms with Crippen LogP contribution < -0.4 is 10.1 Å². The lowest BCUT2D eigenvalue weighted by Gasteiger charge is -2.29. The third-order valence-corrected chi connectivity index (χ3v) is 5.81. The topological polar surface area (TPSA) is 56.2 Å². The van der Waals surface area contributed by atoms with Crippen molar-refractivity contribution in [2.75, 3.05) is 0 Å². The van der Waals surface area contributed by atoms with Gasteiger partial charge in [0, 0.05) is 12.2 Å². The fourth-order valence-corrected chi connectivity index (χ4v) is 4.02. The number of benzene rings is 2. The molecule has 1 N–H and O–H groups in total. The predicted octanol–water partition coefficient (Wildman–Crippen LogP) is 4.82. The number of carbonyl (C=O) groups excluding carboxylic acids is 1. The van der Waals surface area contributed by atoms with Gasteiger partial charge < -0.3 is 10.1 Å². The van der Waals surface area contributed by atoms with E-state index in [0.29, 0.717) is 30.5 Å². The zero-order valence-corrected chi connectivity index (χ0v) is 17.5. The Morgan fingerprint density at radius 1 is 1.03 bits per heavy atom. The van der Waals surface area contributed by atoms with E-state index >= 15 is 0 Å². The van der Waals surface area contributed by atoms with Crippen LogP contribution in [0.5, 0.6) is 5.88 Å². The smallest absolute Gasteiger partial charge is 0.258 e. The summed E-state index contributed by atoms with van der Waals surface area (Å²) in [6.07, 6.45) is 6.41. The molecule has 2 aromatic carbocycles. The van der Waals surface area contributed by atoms with Gasteiger partial charge in [-0.15, -0.1) is 5.10 Å². The van der Waals surface area contributed by atoms with E-state index in [2.05, 4.69) is 29.5 Å². The van der Waals surface area contributed by atoms with E-state index in [0.717, 1.165) is 24.0 Å². The van der Waals surface area contributed by atoms with Crippen molar-refractivity contribution in [2.24, 2.45) is 5.92 Å². The summed E-state index contributed by atoms with van der Waals surface area (Å²) >= 11 is 0. The van der Waals surface area contributed by atoms with Crippen molar-refractivity contribution in [3.05, 3.63) is 83.6 Å². The third kappa shape index (κ3) is 5.09. The van der Waals surface area contributed by atoms with Crippen molar-refractivity contribution in [1.82, 2.24) is 15.1 Å². The summed E-state index contributed by atoms with van der Waals surface area (Å²) in [6.45, 7) is 3.19. The largest absolute Gasteiger partial charge is 0.471 e. The molecular formula is C25H29N3O2. The highest BCUT2D eigenvalue weighted by Crippen LogP contribution is 2.25. The second kappa shape index (κ2) is 9.61. The highest BCUT2D eigenvalue weighted by molar-refractivity contribution is 5.96. The molecule has 3 aromatic rings.